The molecular weight excluding hydrogens is 392 g/mol. The molecule has 1 aliphatic carbocycles. The zero-order valence-corrected chi connectivity index (χ0v) is 17.5. The topological polar surface area (TPSA) is 102 Å². The molecule has 0 spiro atoms. The molecule has 2 aromatic rings. The lowest BCUT2D eigenvalue weighted by molar-refractivity contribution is -0.301. The Balaban J connectivity index is 1.90. The highest BCUT2D eigenvalue weighted by atomic mass is 32.2. The van der Waals surface area contributed by atoms with Crippen LogP contribution in [0.5, 0.6) is 11.5 Å². The van der Waals surface area contributed by atoms with E-state index in [4.69, 9.17) is 9.47 Å². The van der Waals surface area contributed by atoms with E-state index in [1.807, 2.05) is 25.1 Å². The first-order chi connectivity index (χ1) is 14.1. The van der Waals surface area contributed by atoms with Crippen molar-refractivity contribution in [2.75, 3.05) is 19.5 Å². The second kappa shape index (κ2) is 10.3. The Bertz CT molecular complexity index is 862. The SMILES string of the molecule is CCOc1cc(/C=N\n2c(SCC(=O)[O-])nnc2C2CCCCC2)ccc1OC. The number of benzene rings is 1. The van der Waals surface area contributed by atoms with Crippen LogP contribution < -0.4 is 14.6 Å². The normalized spacial score (nSPS) is 15.0. The molecule has 1 aliphatic rings. The molecule has 0 aliphatic heterocycles. The van der Waals surface area contributed by atoms with Crippen LogP contribution in [-0.4, -0.2) is 46.5 Å². The van der Waals surface area contributed by atoms with Crippen LogP contribution >= 0.6 is 11.8 Å². The van der Waals surface area contributed by atoms with Crippen LogP contribution in [0.3, 0.4) is 0 Å². The fourth-order valence-electron chi connectivity index (χ4n) is 3.38. The monoisotopic (exact) mass is 417 g/mol. The molecule has 1 aromatic carbocycles. The fourth-order valence-corrected chi connectivity index (χ4v) is 3.99. The minimum absolute atomic E-state index is 0.199. The second-order valence-electron chi connectivity index (χ2n) is 6.74. The Kier molecular flexibility index (Phi) is 7.51. The molecular formula is C20H25N4O4S-. The number of hydrogen-bond acceptors (Lipinski definition) is 8. The van der Waals surface area contributed by atoms with E-state index in [1.54, 1.807) is 18.0 Å². The number of carboxylic acids is 1. The van der Waals surface area contributed by atoms with Gasteiger partial charge in [-0.2, -0.15) is 9.78 Å². The Labute approximate surface area is 174 Å². The Morgan fingerprint density at radius 1 is 1.31 bits per heavy atom. The Morgan fingerprint density at radius 3 is 2.79 bits per heavy atom. The summed E-state index contributed by atoms with van der Waals surface area (Å²) in [7, 11) is 1.60. The maximum Gasteiger partial charge on any atom is 0.212 e. The van der Waals surface area contributed by atoms with Gasteiger partial charge in [0.2, 0.25) is 5.16 Å². The maximum absolute atomic E-state index is 10.9. The van der Waals surface area contributed by atoms with Gasteiger partial charge in [0.25, 0.3) is 0 Å². The van der Waals surface area contributed by atoms with E-state index in [0.717, 1.165) is 48.8 Å². The van der Waals surface area contributed by atoms with Crippen LogP contribution in [0.15, 0.2) is 28.5 Å². The van der Waals surface area contributed by atoms with Crippen molar-refractivity contribution < 1.29 is 19.4 Å². The van der Waals surface area contributed by atoms with Gasteiger partial charge in [0.15, 0.2) is 17.3 Å². The van der Waals surface area contributed by atoms with Crippen molar-refractivity contribution in [3.8, 4) is 11.5 Å². The number of thioether (sulfide) groups is 1. The van der Waals surface area contributed by atoms with Crippen molar-refractivity contribution in [2.45, 2.75) is 50.1 Å². The quantitative estimate of drug-likeness (QED) is 0.456. The van der Waals surface area contributed by atoms with Crippen molar-refractivity contribution >= 4 is 23.9 Å². The molecule has 1 aromatic heterocycles. The first kappa shape index (κ1) is 21.2. The van der Waals surface area contributed by atoms with Gasteiger partial charge < -0.3 is 19.4 Å². The third-order valence-electron chi connectivity index (χ3n) is 4.74. The number of hydrogen-bond donors (Lipinski definition) is 0. The molecule has 0 N–H and O–H groups in total. The molecule has 3 rings (SSSR count). The number of methoxy groups -OCH3 is 1. The smallest absolute Gasteiger partial charge is 0.212 e. The number of carboxylic acid groups (broad SMARTS) is 1. The highest BCUT2D eigenvalue weighted by Gasteiger charge is 2.23. The number of aliphatic carboxylic acids is 1. The number of carbonyl (C=O) groups is 1. The predicted molar refractivity (Wildman–Crippen MR) is 109 cm³/mol. The minimum Gasteiger partial charge on any atom is -0.549 e. The molecule has 0 atom stereocenters. The van der Waals surface area contributed by atoms with Crippen LogP contribution in [0, 0.1) is 0 Å². The fraction of sp³-hybridized carbons (Fsp3) is 0.500. The molecule has 1 saturated carbocycles. The van der Waals surface area contributed by atoms with Crippen LogP contribution in [0.1, 0.15) is 56.3 Å². The summed E-state index contributed by atoms with van der Waals surface area (Å²) in [6.45, 7) is 2.44. The molecule has 9 heteroatoms. The van der Waals surface area contributed by atoms with Crippen LogP contribution in [0.25, 0.3) is 0 Å². The number of nitrogens with zero attached hydrogens (tertiary/aromatic N) is 4. The van der Waals surface area contributed by atoms with Crippen molar-refractivity contribution in [3.63, 3.8) is 0 Å². The van der Waals surface area contributed by atoms with E-state index in [1.165, 1.54) is 6.42 Å². The summed E-state index contributed by atoms with van der Waals surface area (Å²) in [4.78, 5) is 10.9. The van der Waals surface area contributed by atoms with Crippen molar-refractivity contribution in [3.05, 3.63) is 29.6 Å². The second-order valence-corrected chi connectivity index (χ2v) is 7.68. The molecule has 1 fully saturated rings. The summed E-state index contributed by atoms with van der Waals surface area (Å²) in [5, 5.41) is 24.4. The third kappa shape index (κ3) is 5.50. The summed E-state index contributed by atoms with van der Waals surface area (Å²) < 4.78 is 12.6. The summed E-state index contributed by atoms with van der Waals surface area (Å²) in [5.74, 6) is 1.00. The van der Waals surface area contributed by atoms with Gasteiger partial charge in [-0.1, -0.05) is 31.0 Å². The summed E-state index contributed by atoms with van der Waals surface area (Å²) in [5.41, 5.74) is 0.827. The number of aromatic nitrogens is 3. The summed E-state index contributed by atoms with van der Waals surface area (Å²) >= 11 is 1.06. The van der Waals surface area contributed by atoms with Gasteiger partial charge in [-0.25, -0.2) is 0 Å². The molecule has 0 saturated heterocycles. The molecule has 1 heterocycles. The first-order valence-corrected chi connectivity index (χ1v) is 10.7. The lowest BCUT2D eigenvalue weighted by Gasteiger charge is -2.20. The molecule has 0 radical (unpaired) electrons. The Morgan fingerprint density at radius 2 is 2.10 bits per heavy atom. The van der Waals surface area contributed by atoms with Gasteiger partial charge in [-0.05, 0) is 43.5 Å². The molecule has 0 unspecified atom stereocenters. The minimum atomic E-state index is -1.15. The third-order valence-corrected chi connectivity index (χ3v) is 5.63. The Hall–Kier alpha value is -2.55. The average Bonchev–Trinajstić information content (AvgIpc) is 3.14. The standard InChI is InChI=1S/C20H26N4O4S/c1-3-28-17-11-14(9-10-16(17)27-2)12-21-24-19(15-7-5-4-6-8-15)22-23-20(24)29-13-18(25)26/h9-12,15H,3-8,13H2,1-2H3,(H,25,26)/p-1/b21-12-. The number of ether oxygens (including phenoxy) is 2. The van der Waals surface area contributed by atoms with Gasteiger partial charge in [-0.3, -0.25) is 0 Å². The molecule has 156 valence electrons. The number of carbonyl (C=O) groups excluding carboxylic acids is 1. The van der Waals surface area contributed by atoms with Gasteiger partial charge >= 0.3 is 0 Å². The van der Waals surface area contributed by atoms with Crippen LogP contribution in [0.2, 0.25) is 0 Å². The molecule has 0 bridgehead atoms. The van der Waals surface area contributed by atoms with E-state index in [9.17, 15) is 9.90 Å². The lowest BCUT2D eigenvalue weighted by atomic mass is 9.89. The van der Waals surface area contributed by atoms with E-state index in [0.29, 0.717) is 23.3 Å². The van der Waals surface area contributed by atoms with E-state index in [2.05, 4.69) is 15.3 Å². The highest BCUT2D eigenvalue weighted by Crippen LogP contribution is 2.33. The van der Waals surface area contributed by atoms with Crippen LogP contribution in [-0.2, 0) is 4.79 Å². The van der Waals surface area contributed by atoms with E-state index >= 15 is 0 Å². The number of rotatable bonds is 9. The van der Waals surface area contributed by atoms with Gasteiger partial charge in [0.1, 0.15) is 0 Å². The van der Waals surface area contributed by atoms with Gasteiger partial charge in [-0.15, -0.1) is 10.2 Å². The van der Waals surface area contributed by atoms with Crippen molar-refractivity contribution in [2.24, 2.45) is 5.10 Å². The maximum atomic E-state index is 10.9. The van der Waals surface area contributed by atoms with Crippen molar-refractivity contribution in [1.29, 1.82) is 0 Å². The molecule has 8 nitrogen and oxygen atoms in total. The predicted octanol–water partition coefficient (Wildman–Crippen LogP) is 2.46. The summed E-state index contributed by atoms with van der Waals surface area (Å²) in [6.07, 6.45) is 7.30. The largest absolute Gasteiger partial charge is 0.549 e. The molecule has 29 heavy (non-hydrogen) atoms. The zero-order chi connectivity index (χ0) is 20.6. The van der Waals surface area contributed by atoms with E-state index in [-0.39, 0.29) is 11.7 Å². The van der Waals surface area contributed by atoms with E-state index < -0.39 is 5.97 Å². The highest BCUT2D eigenvalue weighted by molar-refractivity contribution is 7.99. The molecule has 0 amide bonds. The zero-order valence-electron chi connectivity index (χ0n) is 16.7. The van der Waals surface area contributed by atoms with Crippen LogP contribution in [0.4, 0.5) is 0 Å². The van der Waals surface area contributed by atoms with Gasteiger partial charge in [0.05, 0.1) is 25.9 Å². The first-order valence-electron chi connectivity index (χ1n) is 9.75. The average molecular weight is 418 g/mol. The summed E-state index contributed by atoms with van der Waals surface area (Å²) in [6, 6.07) is 5.56. The van der Waals surface area contributed by atoms with Gasteiger partial charge in [0, 0.05) is 11.7 Å². The lowest BCUT2D eigenvalue weighted by Crippen LogP contribution is -2.24. The van der Waals surface area contributed by atoms with Crippen molar-refractivity contribution in [1.82, 2.24) is 14.9 Å².